The van der Waals surface area contributed by atoms with E-state index in [1.54, 1.807) is 0 Å². The van der Waals surface area contributed by atoms with Crippen LogP contribution in [0.5, 0.6) is 0 Å². The van der Waals surface area contributed by atoms with E-state index in [2.05, 4.69) is 0 Å². The summed E-state index contributed by atoms with van der Waals surface area (Å²) in [5, 5.41) is 0. The molecule has 0 aromatic carbocycles. The van der Waals surface area contributed by atoms with Crippen molar-refractivity contribution in [3.05, 3.63) is 23.1 Å². The SMILES string of the molecule is CCCCC(CC)C(=O)C1C=CC=C(S(=O)(=O)O)C1=O. The Morgan fingerprint density at radius 3 is 2.55 bits per heavy atom. The lowest BCUT2D eigenvalue weighted by molar-refractivity contribution is -0.131. The highest BCUT2D eigenvalue weighted by molar-refractivity contribution is 7.90. The van der Waals surface area contributed by atoms with Crippen molar-refractivity contribution in [3.8, 4) is 0 Å². The minimum atomic E-state index is -4.58. The van der Waals surface area contributed by atoms with Crippen molar-refractivity contribution >= 4 is 21.7 Å². The molecule has 0 amide bonds. The molecule has 1 aliphatic carbocycles. The molecule has 6 heteroatoms. The summed E-state index contributed by atoms with van der Waals surface area (Å²) in [6.07, 6.45) is 6.89. The van der Waals surface area contributed by atoms with E-state index in [-0.39, 0.29) is 11.7 Å². The number of Topliss-reactive ketones (excluding diaryl/α,β-unsaturated/α-hetero) is 2. The van der Waals surface area contributed by atoms with Gasteiger partial charge in [-0.25, -0.2) is 0 Å². The summed E-state index contributed by atoms with van der Waals surface area (Å²) in [4.78, 5) is 23.7. The Hall–Kier alpha value is -1.27. The maximum absolute atomic E-state index is 12.3. The van der Waals surface area contributed by atoms with Crippen molar-refractivity contribution in [3.63, 3.8) is 0 Å². The zero-order valence-electron chi connectivity index (χ0n) is 11.7. The van der Waals surface area contributed by atoms with E-state index < -0.39 is 26.7 Å². The van der Waals surface area contributed by atoms with Gasteiger partial charge in [-0.05, 0) is 18.9 Å². The molecule has 0 bridgehead atoms. The molecule has 20 heavy (non-hydrogen) atoms. The maximum Gasteiger partial charge on any atom is 0.298 e. The van der Waals surface area contributed by atoms with Crippen molar-refractivity contribution in [2.24, 2.45) is 11.8 Å². The number of ketones is 2. The van der Waals surface area contributed by atoms with Crippen molar-refractivity contribution in [1.82, 2.24) is 0 Å². The van der Waals surface area contributed by atoms with Gasteiger partial charge in [0.1, 0.15) is 10.8 Å². The molecule has 112 valence electrons. The molecule has 0 aromatic rings. The smallest absolute Gasteiger partial charge is 0.298 e. The lowest BCUT2D eigenvalue weighted by atomic mass is 9.83. The fourth-order valence-corrected chi connectivity index (χ4v) is 2.90. The first kappa shape index (κ1) is 16.8. The Kier molecular flexibility index (Phi) is 5.83. The second-order valence-corrected chi connectivity index (χ2v) is 6.27. The molecule has 0 aliphatic heterocycles. The van der Waals surface area contributed by atoms with E-state index >= 15 is 0 Å². The first-order chi connectivity index (χ1) is 9.32. The summed E-state index contributed by atoms with van der Waals surface area (Å²) >= 11 is 0. The van der Waals surface area contributed by atoms with Gasteiger partial charge in [0.05, 0.1) is 0 Å². The fourth-order valence-electron chi connectivity index (χ4n) is 2.27. The molecule has 0 heterocycles. The maximum atomic E-state index is 12.3. The average molecular weight is 300 g/mol. The van der Waals surface area contributed by atoms with E-state index in [4.69, 9.17) is 4.55 Å². The van der Waals surface area contributed by atoms with E-state index in [0.717, 1.165) is 18.9 Å². The molecule has 2 unspecified atom stereocenters. The van der Waals surface area contributed by atoms with Crippen LogP contribution in [0.2, 0.25) is 0 Å². The third-order valence-electron chi connectivity index (χ3n) is 3.46. The van der Waals surface area contributed by atoms with Gasteiger partial charge >= 0.3 is 0 Å². The predicted octanol–water partition coefficient (Wildman–Crippen LogP) is 2.30. The number of hydrogen-bond acceptors (Lipinski definition) is 4. The molecule has 1 rings (SSSR count). The van der Waals surface area contributed by atoms with E-state index in [9.17, 15) is 18.0 Å². The summed E-state index contributed by atoms with van der Waals surface area (Å²) in [6, 6.07) is 0. The number of rotatable bonds is 7. The Labute approximate surface area is 119 Å². The van der Waals surface area contributed by atoms with E-state index in [1.165, 1.54) is 12.2 Å². The van der Waals surface area contributed by atoms with Gasteiger partial charge in [0, 0.05) is 5.92 Å². The largest absolute Gasteiger partial charge is 0.298 e. The molecule has 0 spiro atoms. The lowest BCUT2D eigenvalue weighted by Crippen LogP contribution is -2.32. The number of hydrogen-bond donors (Lipinski definition) is 1. The number of unbranched alkanes of at least 4 members (excludes halogenated alkanes) is 1. The molecular weight excluding hydrogens is 280 g/mol. The summed E-state index contributed by atoms with van der Waals surface area (Å²) in [5.74, 6) is -2.46. The minimum Gasteiger partial charge on any atom is -0.298 e. The molecule has 1 aliphatic rings. The third-order valence-corrected chi connectivity index (χ3v) is 4.36. The second kappa shape index (κ2) is 6.95. The molecule has 0 saturated heterocycles. The highest BCUT2D eigenvalue weighted by atomic mass is 32.2. The Morgan fingerprint density at radius 2 is 2.05 bits per heavy atom. The summed E-state index contributed by atoms with van der Waals surface area (Å²) < 4.78 is 31.2. The molecule has 0 aromatic heterocycles. The minimum absolute atomic E-state index is 0.255. The zero-order valence-corrected chi connectivity index (χ0v) is 12.5. The quantitative estimate of drug-likeness (QED) is 0.575. The van der Waals surface area contributed by atoms with Crippen LogP contribution in [0.1, 0.15) is 39.5 Å². The third kappa shape index (κ3) is 3.86. The van der Waals surface area contributed by atoms with Crippen molar-refractivity contribution in [2.75, 3.05) is 0 Å². The van der Waals surface area contributed by atoms with E-state index in [0.29, 0.717) is 12.8 Å². The van der Waals surface area contributed by atoms with Crippen LogP contribution in [0.3, 0.4) is 0 Å². The van der Waals surface area contributed by atoms with Crippen LogP contribution in [0, 0.1) is 11.8 Å². The molecule has 1 N–H and O–H groups in total. The Balaban J connectivity index is 2.93. The summed E-state index contributed by atoms with van der Waals surface area (Å²) in [7, 11) is -4.58. The van der Waals surface area contributed by atoms with Crippen LogP contribution < -0.4 is 0 Å². The highest BCUT2D eigenvalue weighted by Crippen LogP contribution is 2.25. The van der Waals surface area contributed by atoms with Gasteiger partial charge < -0.3 is 0 Å². The molecule has 0 radical (unpaired) electrons. The average Bonchev–Trinajstić information content (AvgIpc) is 2.38. The monoisotopic (exact) mass is 300 g/mol. The predicted molar refractivity (Wildman–Crippen MR) is 75.6 cm³/mol. The molecule has 0 saturated carbocycles. The topological polar surface area (TPSA) is 88.5 Å². The van der Waals surface area contributed by atoms with Crippen molar-refractivity contribution < 1.29 is 22.6 Å². The van der Waals surface area contributed by atoms with Crippen LogP contribution in [0.25, 0.3) is 0 Å². The summed E-state index contributed by atoms with van der Waals surface area (Å²) in [6.45, 7) is 3.89. The molecule has 2 atom stereocenters. The molecular formula is C14H20O5S. The van der Waals surface area contributed by atoms with Gasteiger partial charge in [-0.3, -0.25) is 14.1 Å². The standard InChI is InChI=1S/C14H20O5S/c1-3-5-7-10(4-2)13(15)11-8-6-9-12(14(11)16)20(17,18)19/h6,8-11H,3-5,7H2,1-2H3,(H,17,18,19). The van der Waals surface area contributed by atoms with Crippen LogP contribution in [-0.4, -0.2) is 24.5 Å². The number of carbonyl (C=O) groups excluding carboxylic acids is 2. The van der Waals surface area contributed by atoms with Crippen LogP contribution in [0.4, 0.5) is 0 Å². The van der Waals surface area contributed by atoms with Crippen LogP contribution >= 0.6 is 0 Å². The molecule has 0 fully saturated rings. The molecule has 5 nitrogen and oxygen atoms in total. The van der Waals surface area contributed by atoms with Gasteiger partial charge in [0.25, 0.3) is 10.1 Å². The van der Waals surface area contributed by atoms with Crippen molar-refractivity contribution in [1.29, 1.82) is 0 Å². The van der Waals surface area contributed by atoms with E-state index in [1.807, 2.05) is 13.8 Å². The van der Waals surface area contributed by atoms with Crippen LogP contribution in [-0.2, 0) is 19.7 Å². The first-order valence-corrected chi connectivity index (χ1v) is 8.20. The summed E-state index contributed by atoms with van der Waals surface area (Å²) in [5.41, 5.74) is 0. The first-order valence-electron chi connectivity index (χ1n) is 6.76. The Bertz CT molecular complexity index is 542. The normalized spacial score (nSPS) is 20.6. The zero-order chi connectivity index (χ0) is 15.3. The van der Waals surface area contributed by atoms with Gasteiger partial charge in [-0.15, -0.1) is 0 Å². The number of allylic oxidation sites excluding steroid dienone is 4. The lowest BCUT2D eigenvalue weighted by Gasteiger charge is -2.20. The Morgan fingerprint density at radius 1 is 1.40 bits per heavy atom. The highest BCUT2D eigenvalue weighted by Gasteiger charge is 2.36. The number of carbonyl (C=O) groups is 2. The van der Waals surface area contributed by atoms with Crippen LogP contribution in [0.15, 0.2) is 23.1 Å². The fraction of sp³-hybridized carbons (Fsp3) is 0.571. The van der Waals surface area contributed by atoms with Crippen molar-refractivity contribution in [2.45, 2.75) is 39.5 Å². The van der Waals surface area contributed by atoms with Gasteiger partial charge in [0.2, 0.25) is 0 Å². The second-order valence-electron chi connectivity index (χ2n) is 4.88. The van der Waals surface area contributed by atoms with Gasteiger partial charge in [0.15, 0.2) is 11.6 Å². The van der Waals surface area contributed by atoms with Gasteiger partial charge in [-0.2, -0.15) is 8.42 Å². The van der Waals surface area contributed by atoms with Gasteiger partial charge in [-0.1, -0.05) is 38.8 Å².